The van der Waals surface area contributed by atoms with Crippen LogP contribution >= 0.6 is 24.8 Å². The van der Waals surface area contributed by atoms with Crippen molar-refractivity contribution >= 4 is 30.7 Å². The maximum Gasteiger partial charge on any atom is 0.249 e. The predicted molar refractivity (Wildman–Crippen MR) is 102 cm³/mol. The highest BCUT2D eigenvalue weighted by molar-refractivity contribution is 5.85. The van der Waals surface area contributed by atoms with Gasteiger partial charge in [0, 0.05) is 25.5 Å². The molecule has 9 heteroatoms. The molecule has 0 aliphatic carbocycles. The molecule has 1 aliphatic rings. The normalized spacial score (nSPS) is 18.7. The van der Waals surface area contributed by atoms with Crippen molar-refractivity contribution in [1.29, 1.82) is 0 Å². The number of carbonyl (C=O) groups is 1. The van der Waals surface area contributed by atoms with Crippen LogP contribution in [0.2, 0.25) is 0 Å². The van der Waals surface area contributed by atoms with Crippen molar-refractivity contribution in [2.75, 3.05) is 6.54 Å². The average Bonchev–Trinajstić information content (AvgIpc) is 3.22. The zero-order valence-corrected chi connectivity index (χ0v) is 16.0. The third-order valence-corrected chi connectivity index (χ3v) is 4.23. The number of aromatic nitrogens is 2. The van der Waals surface area contributed by atoms with E-state index >= 15 is 0 Å². The molecule has 3 rings (SSSR count). The minimum absolute atomic E-state index is 0. The topological polar surface area (TPSA) is 82.2 Å². The summed E-state index contributed by atoms with van der Waals surface area (Å²) in [6, 6.07) is 4.89. The summed E-state index contributed by atoms with van der Waals surface area (Å²) >= 11 is 0. The lowest BCUT2D eigenvalue weighted by atomic mass is 10.1. The summed E-state index contributed by atoms with van der Waals surface area (Å²) in [5.74, 6) is 0.173. The summed E-state index contributed by atoms with van der Waals surface area (Å²) in [6.07, 6.45) is 4.29. The molecule has 2 atom stereocenters. The summed E-state index contributed by atoms with van der Waals surface area (Å²) in [5.41, 5.74) is 6.66. The first kappa shape index (κ1) is 22.4. The molecule has 0 unspecified atom stereocenters. The fraction of sp³-hybridized carbons (Fsp3) is 0.412. The van der Waals surface area contributed by atoms with Crippen molar-refractivity contribution < 1.29 is 13.9 Å². The number of benzene rings is 1. The summed E-state index contributed by atoms with van der Waals surface area (Å²) in [7, 11) is 0. The number of nitrogens with one attached hydrogen (secondary N) is 1. The van der Waals surface area contributed by atoms with E-state index < -0.39 is 6.10 Å². The first-order valence-corrected chi connectivity index (χ1v) is 8.00. The molecule has 0 spiro atoms. The van der Waals surface area contributed by atoms with E-state index in [1.807, 2.05) is 6.92 Å². The standard InChI is InChI=1S/C17H21FN4O2.2ClH/c1-11-20-6-7-22(11)15-4-2-12(8-14(15)18)10-21-17(23)16-5-3-13(9-19)24-16;;/h2,4,6-8,13,16H,3,5,9-10,19H2,1H3,(H,21,23);2*1H/t13-,16+;;/m1../s1. The van der Waals surface area contributed by atoms with Gasteiger partial charge in [-0.25, -0.2) is 9.37 Å². The van der Waals surface area contributed by atoms with Gasteiger partial charge in [0.05, 0.1) is 11.8 Å². The van der Waals surface area contributed by atoms with E-state index in [1.165, 1.54) is 6.07 Å². The molecular formula is C17H23Cl2FN4O2. The Bertz CT molecular complexity index is 741. The molecule has 1 aromatic carbocycles. The molecule has 1 aliphatic heterocycles. The molecule has 26 heavy (non-hydrogen) atoms. The summed E-state index contributed by atoms with van der Waals surface area (Å²) in [6.45, 7) is 2.49. The number of ether oxygens (including phenoxy) is 1. The molecule has 2 heterocycles. The average molecular weight is 405 g/mol. The maximum atomic E-state index is 14.3. The molecular weight excluding hydrogens is 382 g/mol. The van der Waals surface area contributed by atoms with E-state index in [9.17, 15) is 9.18 Å². The monoisotopic (exact) mass is 404 g/mol. The Hall–Kier alpha value is -1.67. The summed E-state index contributed by atoms with van der Waals surface area (Å²) < 4.78 is 21.5. The first-order chi connectivity index (χ1) is 11.6. The molecule has 6 nitrogen and oxygen atoms in total. The molecule has 1 saturated heterocycles. The van der Waals surface area contributed by atoms with Crippen molar-refractivity contribution in [1.82, 2.24) is 14.9 Å². The van der Waals surface area contributed by atoms with Gasteiger partial charge < -0.3 is 20.4 Å². The fourth-order valence-electron chi connectivity index (χ4n) is 2.86. The van der Waals surface area contributed by atoms with Crippen molar-refractivity contribution in [3.63, 3.8) is 0 Å². The third-order valence-electron chi connectivity index (χ3n) is 4.23. The minimum atomic E-state index is -0.462. The van der Waals surface area contributed by atoms with Crippen LogP contribution < -0.4 is 11.1 Å². The largest absolute Gasteiger partial charge is 0.364 e. The number of amides is 1. The Kier molecular flexibility index (Phi) is 8.49. The summed E-state index contributed by atoms with van der Waals surface area (Å²) in [4.78, 5) is 16.2. The van der Waals surface area contributed by atoms with Gasteiger partial charge in [0.2, 0.25) is 5.91 Å². The molecule has 0 saturated carbocycles. The van der Waals surface area contributed by atoms with Gasteiger partial charge in [-0.05, 0) is 37.5 Å². The molecule has 0 radical (unpaired) electrons. The molecule has 1 amide bonds. The number of halogens is 3. The number of carbonyl (C=O) groups excluding carboxylic acids is 1. The quantitative estimate of drug-likeness (QED) is 0.800. The van der Waals surface area contributed by atoms with Crippen LogP contribution in [0.5, 0.6) is 0 Å². The molecule has 144 valence electrons. The molecule has 3 N–H and O–H groups in total. The Labute approximate surface area is 164 Å². The zero-order chi connectivity index (χ0) is 17.1. The van der Waals surface area contributed by atoms with Crippen molar-refractivity contribution in [2.24, 2.45) is 5.73 Å². The third kappa shape index (κ3) is 4.94. The maximum absolute atomic E-state index is 14.3. The number of aryl methyl sites for hydroxylation is 1. The van der Waals surface area contributed by atoms with E-state index in [4.69, 9.17) is 10.5 Å². The predicted octanol–water partition coefficient (Wildman–Crippen LogP) is 2.29. The van der Waals surface area contributed by atoms with Gasteiger partial charge in [-0.3, -0.25) is 4.79 Å². The lowest BCUT2D eigenvalue weighted by Gasteiger charge is -2.13. The Morgan fingerprint density at radius 1 is 1.42 bits per heavy atom. The van der Waals surface area contributed by atoms with Crippen molar-refractivity contribution in [2.45, 2.75) is 38.5 Å². The van der Waals surface area contributed by atoms with Gasteiger partial charge in [-0.1, -0.05) is 6.07 Å². The van der Waals surface area contributed by atoms with Gasteiger partial charge in [-0.2, -0.15) is 0 Å². The lowest BCUT2D eigenvalue weighted by Crippen LogP contribution is -2.35. The molecule has 1 fully saturated rings. The highest BCUT2D eigenvalue weighted by Crippen LogP contribution is 2.20. The van der Waals surface area contributed by atoms with Gasteiger partial charge >= 0.3 is 0 Å². The smallest absolute Gasteiger partial charge is 0.249 e. The van der Waals surface area contributed by atoms with Crippen LogP contribution in [0.15, 0.2) is 30.6 Å². The fourth-order valence-corrected chi connectivity index (χ4v) is 2.86. The minimum Gasteiger partial charge on any atom is -0.364 e. The Balaban J connectivity index is 0.00000169. The second-order valence-electron chi connectivity index (χ2n) is 5.91. The van der Waals surface area contributed by atoms with E-state index in [2.05, 4.69) is 10.3 Å². The Morgan fingerprint density at radius 3 is 2.77 bits per heavy atom. The number of rotatable bonds is 5. The van der Waals surface area contributed by atoms with Gasteiger partial charge in [0.15, 0.2) is 0 Å². The van der Waals surface area contributed by atoms with Crippen LogP contribution in [0, 0.1) is 12.7 Å². The van der Waals surface area contributed by atoms with Gasteiger partial charge in [0.1, 0.15) is 17.7 Å². The van der Waals surface area contributed by atoms with E-state index in [-0.39, 0.29) is 49.2 Å². The second-order valence-corrected chi connectivity index (χ2v) is 5.91. The molecule has 1 aromatic heterocycles. The second kappa shape index (κ2) is 9.87. The molecule has 0 bridgehead atoms. The van der Waals surface area contributed by atoms with Crippen LogP contribution in [0.25, 0.3) is 5.69 Å². The first-order valence-electron chi connectivity index (χ1n) is 8.00. The van der Waals surface area contributed by atoms with Crippen LogP contribution in [0.3, 0.4) is 0 Å². The van der Waals surface area contributed by atoms with Crippen LogP contribution in [-0.2, 0) is 16.1 Å². The van der Waals surface area contributed by atoms with Gasteiger partial charge in [0.25, 0.3) is 0 Å². The van der Waals surface area contributed by atoms with Crippen LogP contribution in [-0.4, -0.2) is 34.2 Å². The number of imidazole rings is 1. The van der Waals surface area contributed by atoms with Crippen LogP contribution in [0.4, 0.5) is 4.39 Å². The van der Waals surface area contributed by atoms with Crippen molar-refractivity contribution in [3.05, 3.63) is 47.8 Å². The summed E-state index contributed by atoms with van der Waals surface area (Å²) in [5, 5.41) is 2.79. The highest BCUT2D eigenvalue weighted by Gasteiger charge is 2.29. The Morgan fingerprint density at radius 2 is 2.19 bits per heavy atom. The number of nitrogens with zero attached hydrogens (tertiary/aromatic N) is 2. The van der Waals surface area contributed by atoms with E-state index in [0.29, 0.717) is 30.0 Å². The van der Waals surface area contributed by atoms with Gasteiger partial charge in [-0.15, -0.1) is 24.8 Å². The number of hydrogen-bond acceptors (Lipinski definition) is 4. The van der Waals surface area contributed by atoms with E-state index in [1.54, 1.807) is 29.1 Å². The number of nitrogens with two attached hydrogens (primary N) is 1. The highest BCUT2D eigenvalue weighted by atomic mass is 35.5. The lowest BCUT2D eigenvalue weighted by molar-refractivity contribution is -0.132. The van der Waals surface area contributed by atoms with E-state index in [0.717, 1.165) is 6.42 Å². The molecule has 2 aromatic rings. The zero-order valence-electron chi connectivity index (χ0n) is 14.4. The SMILES string of the molecule is Cc1nccn1-c1ccc(CNC(=O)[C@@H]2CC[C@H](CN)O2)cc1F.Cl.Cl. The van der Waals surface area contributed by atoms with Crippen molar-refractivity contribution in [3.8, 4) is 5.69 Å². The van der Waals surface area contributed by atoms with Crippen LogP contribution in [0.1, 0.15) is 24.2 Å². The number of hydrogen-bond donors (Lipinski definition) is 2.